The molecule has 0 aliphatic carbocycles. The third kappa shape index (κ3) is 4.38. The normalized spacial score (nSPS) is 9.00. The predicted molar refractivity (Wildman–Crippen MR) is 93.8 cm³/mol. The highest BCUT2D eigenvalue weighted by atomic mass is 16.5. The van der Waals surface area contributed by atoms with Crippen LogP contribution in [0.15, 0.2) is 59.8 Å². The molecule has 7 heteroatoms. The van der Waals surface area contributed by atoms with E-state index < -0.39 is 0 Å². The lowest BCUT2D eigenvalue weighted by Crippen LogP contribution is -2.17. The van der Waals surface area contributed by atoms with Gasteiger partial charge in [-0.15, -0.1) is 0 Å². The van der Waals surface area contributed by atoms with Crippen molar-refractivity contribution in [2.75, 3.05) is 12.4 Å². The number of anilines is 1. The topological polar surface area (TPSA) is 122 Å². The molecule has 0 atom stereocenters. The Morgan fingerprint density at radius 3 is 2.23 bits per heavy atom. The molecule has 0 saturated carbocycles. The molecule has 0 aromatic heterocycles. The lowest BCUT2D eigenvalue weighted by atomic mass is 10.2. The minimum atomic E-state index is -0.293. The first-order valence-electron chi connectivity index (χ1n) is 7.43. The standard InChI is InChI=1S/C19H13N5O2/c1-23-19(25)13-3-2-4-17(9-13)26-16-7-5-15(6-8-16)24-18(12-22)14(10-20)11-21/h2-9,24H,1H3,(H,23,25). The number of nitrogens with one attached hydrogen (secondary N) is 2. The summed E-state index contributed by atoms with van der Waals surface area (Å²) in [6.45, 7) is 0. The number of rotatable bonds is 5. The van der Waals surface area contributed by atoms with E-state index in [0.717, 1.165) is 0 Å². The first kappa shape index (κ1) is 18.1. The van der Waals surface area contributed by atoms with E-state index in [4.69, 9.17) is 20.5 Å². The van der Waals surface area contributed by atoms with Crippen molar-refractivity contribution in [3.8, 4) is 29.7 Å². The lowest BCUT2D eigenvalue weighted by molar-refractivity contribution is 0.0963. The van der Waals surface area contributed by atoms with E-state index in [0.29, 0.717) is 22.7 Å². The van der Waals surface area contributed by atoms with Gasteiger partial charge in [0, 0.05) is 18.3 Å². The molecule has 26 heavy (non-hydrogen) atoms. The fourth-order valence-electron chi connectivity index (χ4n) is 2.02. The number of hydrogen-bond donors (Lipinski definition) is 2. The van der Waals surface area contributed by atoms with E-state index in [9.17, 15) is 4.79 Å². The first-order valence-corrected chi connectivity index (χ1v) is 7.43. The number of benzene rings is 2. The molecule has 126 valence electrons. The van der Waals surface area contributed by atoms with E-state index >= 15 is 0 Å². The summed E-state index contributed by atoms with van der Waals surface area (Å²) in [4.78, 5) is 11.6. The minimum Gasteiger partial charge on any atom is -0.457 e. The molecule has 0 aliphatic rings. The summed E-state index contributed by atoms with van der Waals surface area (Å²) in [5.74, 6) is 0.810. The molecule has 2 aromatic rings. The van der Waals surface area contributed by atoms with Crippen molar-refractivity contribution in [3.63, 3.8) is 0 Å². The molecule has 0 spiro atoms. The van der Waals surface area contributed by atoms with E-state index in [1.807, 2.05) is 0 Å². The van der Waals surface area contributed by atoms with Crippen LogP contribution in [0.3, 0.4) is 0 Å². The molecule has 0 bridgehead atoms. The van der Waals surface area contributed by atoms with Crippen molar-refractivity contribution in [3.05, 3.63) is 65.4 Å². The number of carbonyl (C=O) groups is 1. The van der Waals surface area contributed by atoms with Gasteiger partial charge in [-0.05, 0) is 42.5 Å². The maximum atomic E-state index is 11.6. The van der Waals surface area contributed by atoms with Crippen molar-refractivity contribution >= 4 is 11.6 Å². The van der Waals surface area contributed by atoms with Crippen LogP contribution in [0.2, 0.25) is 0 Å². The molecule has 2 aromatic carbocycles. The van der Waals surface area contributed by atoms with Gasteiger partial charge in [0.2, 0.25) is 0 Å². The van der Waals surface area contributed by atoms with Crippen molar-refractivity contribution in [1.82, 2.24) is 5.32 Å². The molecule has 1 amide bonds. The van der Waals surface area contributed by atoms with Crippen LogP contribution in [0.4, 0.5) is 5.69 Å². The molecular formula is C19H13N5O2. The SMILES string of the molecule is CNC(=O)c1cccc(Oc2ccc(NC(C#N)=C(C#N)C#N)cc2)c1. The Labute approximate surface area is 150 Å². The summed E-state index contributed by atoms with van der Waals surface area (Å²) in [7, 11) is 1.55. The number of allylic oxidation sites excluding steroid dienone is 2. The number of ether oxygens (including phenoxy) is 1. The monoisotopic (exact) mass is 343 g/mol. The largest absolute Gasteiger partial charge is 0.457 e. The van der Waals surface area contributed by atoms with Gasteiger partial charge in [0.1, 0.15) is 35.4 Å². The molecule has 7 nitrogen and oxygen atoms in total. The summed E-state index contributed by atoms with van der Waals surface area (Å²) >= 11 is 0. The van der Waals surface area contributed by atoms with Gasteiger partial charge in [-0.1, -0.05) is 6.07 Å². The second-order valence-corrected chi connectivity index (χ2v) is 4.94. The zero-order chi connectivity index (χ0) is 18.9. The molecule has 0 unspecified atom stereocenters. The highest BCUT2D eigenvalue weighted by Crippen LogP contribution is 2.24. The molecule has 0 heterocycles. The minimum absolute atomic E-state index is 0.123. The quantitative estimate of drug-likeness (QED) is 0.805. The number of carbonyl (C=O) groups excluding carboxylic acids is 1. The second kappa shape index (κ2) is 8.54. The average molecular weight is 343 g/mol. The molecule has 0 fully saturated rings. The molecule has 0 radical (unpaired) electrons. The van der Waals surface area contributed by atoms with E-state index in [1.54, 1.807) is 73.8 Å². The fourth-order valence-corrected chi connectivity index (χ4v) is 2.02. The van der Waals surface area contributed by atoms with Gasteiger partial charge in [0.25, 0.3) is 5.91 Å². The van der Waals surface area contributed by atoms with E-state index in [-0.39, 0.29) is 17.2 Å². The Bertz CT molecular complexity index is 957. The van der Waals surface area contributed by atoms with Crippen LogP contribution in [-0.4, -0.2) is 13.0 Å². The van der Waals surface area contributed by atoms with Gasteiger partial charge in [-0.3, -0.25) is 4.79 Å². The summed E-state index contributed by atoms with van der Waals surface area (Å²) in [6, 6.07) is 18.4. The molecular weight excluding hydrogens is 330 g/mol. The van der Waals surface area contributed by atoms with E-state index in [1.165, 1.54) is 0 Å². The van der Waals surface area contributed by atoms with Gasteiger partial charge in [-0.25, -0.2) is 0 Å². The smallest absolute Gasteiger partial charge is 0.251 e. The van der Waals surface area contributed by atoms with Gasteiger partial charge in [0.15, 0.2) is 5.57 Å². The van der Waals surface area contributed by atoms with Crippen molar-refractivity contribution < 1.29 is 9.53 Å². The Hall–Kier alpha value is -4.28. The zero-order valence-corrected chi connectivity index (χ0v) is 13.8. The average Bonchev–Trinajstić information content (AvgIpc) is 2.69. The molecule has 0 saturated heterocycles. The number of nitriles is 3. The predicted octanol–water partition coefficient (Wildman–Crippen LogP) is 3.08. The maximum absolute atomic E-state index is 11.6. The Balaban J connectivity index is 2.15. The maximum Gasteiger partial charge on any atom is 0.251 e. The number of amides is 1. The van der Waals surface area contributed by atoms with Crippen molar-refractivity contribution in [2.45, 2.75) is 0 Å². The van der Waals surface area contributed by atoms with Crippen molar-refractivity contribution in [2.24, 2.45) is 0 Å². The van der Waals surface area contributed by atoms with Gasteiger partial charge in [-0.2, -0.15) is 15.8 Å². The molecule has 2 rings (SSSR count). The van der Waals surface area contributed by atoms with Gasteiger partial charge in [0.05, 0.1) is 0 Å². The summed E-state index contributed by atoms with van der Waals surface area (Å²) in [6.07, 6.45) is 0. The zero-order valence-electron chi connectivity index (χ0n) is 13.8. The van der Waals surface area contributed by atoms with Crippen LogP contribution in [0.5, 0.6) is 11.5 Å². The summed E-state index contributed by atoms with van der Waals surface area (Å²) < 4.78 is 5.70. The third-order valence-electron chi connectivity index (χ3n) is 3.27. The first-order chi connectivity index (χ1) is 12.6. The third-order valence-corrected chi connectivity index (χ3v) is 3.27. The van der Waals surface area contributed by atoms with Crippen LogP contribution in [-0.2, 0) is 0 Å². The summed E-state index contributed by atoms with van der Waals surface area (Å²) in [5, 5.41) is 31.9. The Kier molecular flexibility index (Phi) is 5.93. The van der Waals surface area contributed by atoms with Gasteiger partial charge < -0.3 is 15.4 Å². The summed E-state index contributed by atoms with van der Waals surface area (Å²) in [5.41, 5.74) is 0.587. The molecule has 2 N–H and O–H groups in total. The van der Waals surface area contributed by atoms with Crippen molar-refractivity contribution in [1.29, 1.82) is 15.8 Å². The van der Waals surface area contributed by atoms with Crippen LogP contribution in [0.1, 0.15) is 10.4 Å². The van der Waals surface area contributed by atoms with Gasteiger partial charge >= 0.3 is 0 Å². The lowest BCUT2D eigenvalue weighted by Gasteiger charge is -2.09. The van der Waals surface area contributed by atoms with Crippen LogP contribution < -0.4 is 15.4 Å². The van der Waals surface area contributed by atoms with Crippen LogP contribution in [0, 0.1) is 34.0 Å². The highest BCUT2D eigenvalue weighted by molar-refractivity contribution is 5.94. The second-order valence-electron chi connectivity index (χ2n) is 4.94. The van der Waals surface area contributed by atoms with Crippen LogP contribution >= 0.6 is 0 Å². The van der Waals surface area contributed by atoms with E-state index in [2.05, 4.69) is 10.6 Å². The Morgan fingerprint density at radius 1 is 0.962 bits per heavy atom. The highest BCUT2D eigenvalue weighted by Gasteiger charge is 2.07. The molecule has 0 aliphatic heterocycles. The fraction of sp³-hybridized carbons (Fsp3) is 0.0526. The number of nitrogens with zero attached hydrogens (tertiary/aromatic N) is 3. The van der Waals surface area contributed by atoms with Crippen LogP contribution in [0.25, 0.3) is 0 Å². The Morgan fingerprint density at radius 2 is 1.65 bits per heavy atom. The number of hydrogen-bond acceptors (Lipinski definition) is 6.